The molecular formula is C9H16N2O3. The molecule has 0 aromatic carbocycles. The highest BCUT2D eigenvalue weighted by molar-refractivity contribution is 5.93. The van der Waals surface area contributed by atoms with E-state index in [9.17, 15) is 9.59 Å². The Balaban J connectivity index is 3.40. The normalized spacial score (nSPS) is 10.4. The summed E-state index contributed by atoms with van der Waals surface area (Å²) in [6.07, 6.45) is 2.66. The summed E-state index contributed by atoms with van der Waals surface area (Å²) in [6.45, 7) is 4.32. The Morgan fingerprint density at radius 2 is 2.00 bits per heavy atom. The summed E-state index contributed by atoms with van der Waals surface area (Å²) >= 11 is 0. The van der Waals surface area contributed by atoms with Crippen molar-refractivity contribution in [1.82, 2.24) is 10.6 Å². The van der Waals surface area contributed by atoms with E-state index in [1.807, 2.05) is 6.92 Å². The SMILES string of the molecule is CCNCCCNC(=O)/C=C/C(=O)O. The van der Waals surface area contributed by atoms with Gasteiger partial charge in [0, 0.05) is 18.7 Å². The first-order chi connectivity index (χ1) is 6.66. The van der Waals surface area contributed by atoms with Crippen molar-refractivity contribution in [2.75, 3.05) is 19.6 Å². The molecule has 0 aliphatic carbocycles. The summed E-state index contributed by atoms with van der Waals surface area (Å²) in [6, 6.07) is 0. The van der Waals surface area contributed by atoms with Crippen molar-refractivity contribution >= 4 is 11.9 Å². The molecule has 0 saturated heterocycles. The molecule has 5 nitrogen and oxygen atoms in total. The number of hydrogen-bond acceptors (Lipinski definition) is 3. The molecule has 0 aliphatic rings. The number of aliphatic carboxylic acids is 1. The summed E-state index contributed by atoms with van der Waals surface area (Å²) in [7, 11) is 0. The lowest BCUT2D eigenvalue weighted by molar-refractivity contribution is -0.131. The Labute approximate surface area is 83.2 Å². The maximum atomic E-state index is 10.9. The van der Waals surface area contributed by atoms with E-state index in [1.165, 1.54) is 0 Å². The van der Waals surface area contributed by atoms with Gasteiger partial charge in [0.25, 0.3) is 0 Å². The van der Waals surface area contributed by atoms with Gasteiger partial charge in [-0.05, 0) is 19.5 Å². The number of carbonyl (C=O) groups excluding carboxylic acids is 1. The van der Waals surface area contributed by atoms with E-state index in [1.54, 1.807) is 0 Å². The molecule has 0 radical (unpaired) electrons. The van der Waals surface area contributed by atoms with Crippen LogP contribution in [0.3, 0.4) is 0 Å². The summed E-state index contributed by atoms with van der Waals surface area (Å²) in [5.41, 5.74) is 0. The first-order valence-corrected chi connectivity index (χ1v) is 4.56. The zero-order valence-corrected chi connectivity index (χ0v) is 8.25. The maximum Gasteiger partial charge on any atom is 0.328 e. The second kappa shape index (κ2) is 8.25. The van der Waals surface area contributed by atoms with Crippen LogP contribution in [0.1, 0.15) is 13.3 Å². The van der Waals surface area contributed by atoms with E-state index in [2.05, 4.69) is 10.6 Å². The van der Waals surface area contributed by atoms with Crippen LogP contribution in [-0.4, -0.2) is 36.6 Å². The smallest absolute Gasteiger partial charge is 0.328 e. The van der Waals surface area contributed by atoms with Crippen molar-refractivity contribution in [2.24, 2.45) is 0 Å². The van der Waals surface area contributed by atoms with E-state index in [0.717, 1.165) is 31.7 Å². The Hall–Kier alpha value is -1.36. The zero-order valence-electron chi connectivity index (χ0n) is 8.25. The zero-order chi connectivity index (χ0) is 10.8. The summed E-state index contributed by atoms with van der Waals surface area (Å²) in [5, 5.41) is 13.9. The molecule has 0 unspecified atom stereocenters. The third-order valence-electron chi connectivity index (χ3n) is 1.46. The molecule has 0 aromatic heterocycles. The van der Waals surface area contributed by atoms with Crippen LogP contribution < -0.4 is 10.6 Å². The maximum absolute atomic E-state index is 10.9. The van der Waals surface area contributed by atoms with Gasteiger partial charge in [0.05, 0.1) is 0 Å². The third kappa shape index (κ3) is 8.73. The number of amides is 1. The average molecular weight is 200 g/mol. The van der Waals surface area contributed by atoms with Crippen LogP contribution in [0, 0.1) is 0 Å². The minimum atomic E-state index is -1.12. The van der Waals surface area contributed by atoms with Crippen LogP contribution in [0.5, 0.6) is 0 Å². The quantitative estimate of drug-likeness (QED) is 0.391. The predicted octanol–water partition coefficient (Wildman–Crippen LogP) is -0.257. The van der Waals surface area contributed by atoms with E-state index >= 15 is 0 Å². The van der Waals surface area contributed by atoms with Gasteiger partial charge in [0.2, 0.25) is 5.91 Å². The molecule has 0 bridgehead atoms. The fourth-order valence-electron chi connectivity index (χ4n) is 0.808. The van der Waals surface area contributed by atoms with E-state index < -0.39 is 5.97 Å². The fraction of sp³-hybridized carbons (Fsp3) is 0.556. The molecule has 5 heteroatoms. The van der Waals surface area contributed by atoms with Crippen LogP contribution >= 0.6 is 0 Å². The van der Waals surface area contributed by atoms with Crippen molar-refractivity contribution < 1.29 is 14.7 Å². The lowest BCUT2D eigenvalue weighted by atomic mass is 10.4. The van der Waals surface area contributed by atoms with Crippen LogP contribution in [0.2, 0.25) is 0 Å². The Bertz CT molecular complexity index is 214. The highest BCUT2D eigenvalue weighted by Gasteiger charge is 1.95. The second-order valence-electron chi connectivity index (χ2n) is 2.67. The van der Waals surface area contributed by atoms with Gasteiger partial charge >= 0.3 is 5.97 Å². The number of carbonyl (C=O) groups is 2. The first-order valence-electron chi connectivity index (χ1n) is 4.56. The highest BCUT2D eigenvalue weighted by Crippen LogP contribution is 1.77. The Morgan fingerprint density at radius 3 is 2.57 bits per heavy atom. The van der Waals surface area contributed by atoms with Crippen LogP contribution in [-0.2, 0) is 9.59 Å². The van der Waals surface area contributed by atoms with E-state index in [-0.39, 0.29) is 5.91 Å². The topological polar surface area (TPSA) is 78.4 Å². The molecule has 0 saturated carbocycles. The molecule has 0 spiro atoms. The third-order valence-corrected chi connectivity index (χ3v) is 1.46. The minimum Gasteiger partial charge on any atom is -0.478 e. The second-order valence-corrected chi connectivity index (χ2v) is 2.67. The molecule has 0 aromatic rings. The highest BCUT2D eigenvalue weighted by atomic mass is 16.4. The van der Waals surface area contributed by atoms with Gasteiger partial charge in [-0.25, -0.2) is 4.79 Å². The number of hydrogen-bond donors (Lipinski definition) is 3. The first kappa shape index (κ1) is 12.6. The number of carboxylic acid groups (broad SMARTS) is 1. The summed E-state index contributed by atoms with van der Waals surface area (Å²) in [4.78, 5) is 20.9. The van der Waals surface area contributed by atoms with Crippen LogP contribution in [0.15, 0.2) is 12.2 Å². The van der Waals surface area contributed by atoms with Crippen molar-refractivity contribution in [3.63, 3.8) is 0 Å². The lowest BCUT2D eigenvalue weighted by Crippen LogP contribution is -2.25. The van der Waals surface area contributed by atoms with Gasteiger partial charge in [-0.3, -0.25) is 4.79 Å². The molecule has 0 fully saturated rings. The minimum absolute atomic E-state index is 0.371. The standard InChI is InChI=1S/C9H16N2O3/c1-2-10-6-3-7-11-8(12)4-5-9(13)14/h4-5,10H,2-3,6-7H2,1H3,(H,11,12)(H,13,14)/b5-4+. The molecular weight excluding hydrogens is 184 g/mol. The van der Waals surface area contributed by atoms with Crippen molar-refractivity contribution in [2.45, 2.75) is 13.3 Å². The monoisotopic (exact) mass is 200 g/mol. The molecule has 80 valence electrons. The molecule has 3 N–H and O–H groups in total. The Morgan fingerprint density at radius 1 is 1.29 bits per heavy atom. The molecule has 1 amide bonds. The molecule has 0 aliphatic heterocycles. The van der Waals surface area contributed by atoms with Gasteiger partial charge in [-0.2, -0.15) is 0 Å². The van der Waals surface area contributed by atoms with Crippen molar-refractivity contribution in [3.05, 3.63) is 12.2 Å². The average Bonchev–Trinajstić information content (AvgIpc) is 2.14. The van der Waals surface area contributed by atoms with Crippen molar-refractivity contribution in [3.8, 4) is 0 Å². The van der Waals surface area contributed by atoms with Gasteiger partial charge in [-0.1, -0.05) is 6.92 Å². The molecule has 14 heavy (non-hydrogen) atoms. The largest absolute Gasteiger partial charge is 0.478 e. The van der Waals surface area contributed by atoms with E-state index in [4.69, 9.17) is 5.11 Å². The van der Waals surface area contributed by atoms with E-state index in [0.29, 0.717) is 6.54 Å². The van der Waals surface area contributed by atoms with Crippen molar-refractivity contribution in [1.29, 1.82) is 0 Å². The van der Waals surface area contributed by atoms with Crippen LogP contribution in [0.25, 0.3) is 0 Å². The predicted molar refractivity (Wildman–Crippen MR) is 52.9 cm³/mol. The van der Waals surface area contributed by atoms with Gasteiger partial charge < -0.3 is 15.7 Å². The molecule has 0 rings (SSSR count). The van der Waals surface area contributed by atoms with Gasteiger partial charge in [0.15, 0.2) is 0 Å². The molecule has 0 heterocycles. The van der Waals surface area contributed by atoms with Crippen LogP contribution in [0.4, 0.5) is 0 Å². The number of carboxylic acids is 1. The molecule has 0 atom stereocenters. The summed E-state index contributed by atoms with van der Waals surface area (Å²) < 4.78 is 0. The number of nitrogens with one attached hydrogen (secondary N) is 2. The fourth-order valence-corrected chi connectivity index (χ4v) is 0.808. The van der Waals surface area contributed by atoms with Gasteiger partial charge in [-0.15, -0.1) is 0 Å². The summed E-state index contributed by atoms with van der Waals surface area (Å²) in [5.74, 6) is -1.49. The van der Waals surface area contributed by atoms with Gasteiger partial charge in [0.1, 0.15) is 0 Å². The lowest BCUT2D eigenvalue weighted by Gasteiger charge is -2.02. The number of rotatable bonds is 7. The Kier molecular flexibility index (Phi) is 7.45.